The number of aliphatic hydroxyl groups is 2. The van der Waals surface area contributed by atoms with Gasteiger partial charge < -0.3 is 24.4 Å². The van der Waals surface area contributed by atoms with Crippen LogP contribution in [-0.4, -0.2) is 49.3 Å². The summed E-state index contributed by atoms with van der Waals surface area (Å²) < 4.78 is 16.7. The highest BCUT2D eigenvalue weighted by atomic mass is 16.6. The number of ether oxygens (including phenoxy) is 3. The van der Waals surface area contributed by atoms with Gasteiger partial charge in [-0.05, 0) is 25.1 Å². The molecule has 3 N–H and O–H groups in total. The van der Waals surface area contributed by atoms with Crippen molar-refractivity contribution >= 4 is 11.8 Å². The number of anilines is 1. The van der Waals surface area contributed by atoms with E-state index in [0.29, 0.717) is 17.0 Å². The van der Waals surface area contributed by atoms with Gasteiger partial charge in [-0.2, -0.15) is 0 Å². The van der Waals surface area contributed by atoms with E-state index in [1.807, 2.05) is 19.1 Å². The first-order valence-electron chi connectivity index (χ1n) is 9.09. The van der Waals surface area contributed by atoms with Crippen LogP contribution >= 0.6 is 0 Å². The van der Waals surface area contributed by atoms with Crippen LogP contribution in [0.25, 0.3) is 0 Å². The molecule has 0 aliphatic carbocycles. The molecule has 7 nitrogen and oxygen atoms in total. The molecule has 28 heavy (non-hydrogen) atoms. The number of para-hydroxylation sites is 1. The molecule has 0 aliphatic heterocycles. The van der Waals surface area contributed by atoms with Gasteiger partial charge in [0.25, 0.3) is 0 Å². The molecule has 0 bridgehead atoms. The third-order valence-corrected chi connectivity index (χ3v) is 4.16. The Morgan fingerprint density at radius 3 is 2.43 bits per heavy atom. The number of methoxy groups -OCH3 is 1. The molecular weight excluding hydrogens is 362 g/mol. The van der Waals surface area contributed by atoms with Crippen LogP contribution in [0.1, 0.15) is 23.7 Å². The topological polar surface area (TPSA) is 97.2 Å². The summed E-state index contributed by atoms with van der Waals surface area (Å²) in [5, 5.41) is 21.1. The van der Waals surface area contributed by atoms with Crippen molar-refractivity contribution in [1.29, 1.82) is 0 Å². The summed E-state index contributed by atoms with van der Waals surface area (Å²) in [5.41, 5.74) is 2.28. The van der Waals surface area contributed by atoms with Gasteiger partial charge >= 0.3 is 6.09 Å². The van der Waals surface area contributed by atoms with Crippen molar-refractivity contribution in [3.63, 3.8) is 0 Å². The van der Waals surface area contributed by atoms with Crippen LogP contribution in [-0.2, 0) is 9.47 Å². The van der Waals surface area contributed by atoms with Crippen molar-refractivity contribution in [3.05, 3.63) is 59.7 Å². The summed E-state index contributed by atoms with van der Waals surface area (Å²) in [6, 6.07) is 14.4. The van der Waals surface area contributed by atoms with Crippen LogP contribution in [0.4, 0.5) is 10.5 Å². The van der Waals surface area contributed by atoms with Crippen LogP contribution < -0.4 is 10.1 Å². The van der Waals surface area contributed by atoms with Gasteiger partial charge in [0.15, 0.2) is 6.10 Å². The van der Waals surface area contributed by atoms with E-state index in [1.165, 1.54) is 7.11 Å². The van der Waals surface area contributed by atoms with Gasteiger partial charge in [-0.15, -0.1) is 0 Å². The standard InChI is InChI=1S/C21H27NO6/c1-15-7-9-16(10-8-15)22-21(25)28-20(19(26-2)11-12-23)17-5-3-4-6-18(17)27-14-13-24/h3-10,19-20,23-24H,11-14H2,1-2H3,(H,22,25)/t19-,20-/m1/s1. The zero-order chi connectivity index (χ0) is 20.4. The summed E-state index contributed by atoms with van der Waals surface area (Å²) >= 11 is 0. The lowest BCUT2D eigenvalue weighted by Crippen LogP contribution is -2.29. The van der Waals surface area contributed by atoms with Gasteiger partial charge in [0.2, 0.25) is 0 Å². The van der Waals surface area contributed by atoms with Crippen molar-refractivity contribution in [2.24, 2.45) is 0 Å². The fraction of sp³-hybridized carbons (Fsp3) is 0.381. The summed E-state index contributed by atoms with van der Waals surface area (Å²) in [5.74, 6) is 0.477. The predicted octanol–water partition coefficient (Wildman–Crippen LogP) is 3.05. The van der Waals surface area contributed by atoms with Crippen molar-refractivity contribution in [3.8, 4) is 5.75 Å². The number of carbonyl (C=O) groups excluding carboxylic acids is 1. The molecular formula is C21H27NO6. The number of hydrogen-bond acceptors (Lipinski definition) is 6. The summed E-state index contributed by atoms with van der Waals surface area (Å²) in [7, 11) is 1.49. The summed E-state index contributed by atoms with van der Waals surface area (Å²) in [6.45, 7) is 1.80. The Kier molecular flexibility index (Phi) is 8.74. The molecule has 0 fully saturated rings. The molecule has 0 spiro atoms. The number of carbonyl (C=O) groups is 1. The molecule has 0 heterocycles. The Morgan fingerprint density at radius 1 is 1.07 bits per heavy atom. The first-order chi connectivity index (χ1) is 13.6. The minimum Gasteiger partial charge on any atom is -0.491 e. The van der Waals surface area contributed by atoms with Gasteiger partial charge in [-0.3, -0.25) is 5.32 Å². The van der Waals surface area contributed by atoms with Crippen molar-refractivity contribution in [1.82, 2.24) is 0 Å². The number of amides is 1. The second kappa shape index (κ2) is 11.3. The molecule has 0 aromatic heterocycles. The normalized spacial score (nSPS) is 12.9. The van der Waals surface area contributed by atoms with E-state index < -0.39 is 18.3 Å². The number of rotatable bonds is 10. The lowest BCUT2D eigenvalue weighted by molar-refractivity contribution is -0.0316. The lowest BCUT2D eigenvalue weighted by Gasteiger charge is -2.27. The molecule has 152 valence electrons. The predicted molar refractivity (Wildman–Crippen MR) is 106 cm³/mol. The number of aliphatic hydroxyl groups excluding tert-OH is 2. The maximum Gasteiger partial charge on any atom is 0.412 e. The third-order valence-electron chi connectivity index (χ3n) is 4.16. The zero-order valence-electron chi connectivity index (χ0n) is 16.1. The van der Waals surface area contributed by atoms with E-state index in [4.69, 9.17) is 19.3 Å². The van der Waals surface area contributed by atoms with Crippen LogP contribution in [0.2, 0.25) is 0 Å². The average molecular weight is 389 g/mol. The first-order valence-corrected chi connectivity index (χ1v) is 9.09. The number of nitrogens with one attached hydrogen (secondary N) is 1. The molecule has 2 aromatic carbocycles. The molecule has 0 saturated carbocycles. The smallest absolute Gasteiger partial charge is 0.412 e. The molecule has 0 unspecified atom stereocenters. The maximum absolute atomic E-state index is 12.5. The Hall–Kier alpha value is -2.61. The molecule has 1 amide bonds. The van der Waals surface area contributed by atoms with Crippen molar-refractivity contribution < 1.29 is 29.2 Å². The molecule has 2 rings (SSSR count). The number of hydrogen-bond donors (Lipinski definition) is 3. The summed E-state index contributed by atoms with van der Waals surface area (Å²) in [4.78, 5) is 12.5. The molecule has 0 aliphatic rings. The van der Waals surface area contributed by atoms with Crippen LogP contribution in [0.15, 0.2) is 48.5 Å². The number of benzene rings is 2. The van der Waals surface area contributed by atoms with E-state index in [1.54, 1.807) is 36.4 Å². The van der Waals surface area contributed by atoms with Crippen LogP contribution in [0, 0.1) is 6.92 Å². The van der Waals surface area contributed by atoms with Gasteiger partial charge in [-0.25, -0.2) is 4.79 Å². The first kappa shape index (κ1) is 21.7. The average Bonchev–Trinajstić information content (AvgIpc) is 2.71. The second-order valence-electron chi connectivity index (χ2n) is 6.21. The fourth-order valence-corrected chi connectivity index (χ4v) is 2.76. The van der Waals surface area contributed by atoms with E-state index in [2.05, 4.69) is 5.32 Å². The van der Waals surface area contributed by atoms with Gasteiger partial charge in [0, 0.05) is 31.4 Å². The maximum atomic E-state index is 12.5. The van der Waals surface area contributed by atoms with E-state index in [0.717, 1.165) is 5.56 Å². The molecule has 2 atom stereocenters. The third kappa shape index (κ3) is 6.23. The van der Waals surface area contributed by atoms with Crippen LogP contribution in [0.3, 0.4) is 0 Å². The minimum atomic E-state index is -0.808. The highest BCUT2D eigenvalue weighted by molar-refractivity contribution is 5.84. The Bertz CT molecular complexity index is 734. The fourth-order valence-electron chi connectivity index (χ4n) is 2.76. The van der Waals surface area contributed by atoms with E-state index in [9.17, 15) is 9.90 Å². The van der Waals surface area contributed by atoms with Gasteiger partial charge in [0.1, 0.15) is 18.5 Å². The minimum absolute atomic E-state index is 0.108. The van der Waals surface area contributed by atoms with Gasteiger partial charge in [-0.1, -0.05) is 35.9 Å². The van der Waals surface area contributed by atoms with E-state index in [-0.39, 0.29) is 26.2 Å². The monoisotopic (exact) mass is 389 g/mol. The Labute approximate surface area is 164 Å². The van der Waals surface area contributed by atoms with Crippen LogP contribution in [0.5, 0.6) is 5.75 Å². The highest BCUT2D eigenvalue weighted by Crippen LogP contribution is 2.33. The molecule has 0 radical (unpaired) electrons. The molecule has 0 saturated heterocycles. The molecule has 2 aromatic rings. The van der Waals surface area contributed by atoms with Gasteiger partial charge in [0.05, 0.1) is 6.61 Å². The Morgan fingerprint density at radius 2 is 1.79 bits per heavy atom. The number of aryl methyl sites for hydroxylation is 1. The quantitative estimate of drug-likeness (QED) is 0.578. The summed E-state index contributed by atoms with van der Waals surface area (Å²) in [6.07, 6.45) is -1.76. The highest BCUT2D eigenvalue weighted by Gasteiger charge is 2.29. The molecule has 7 heteroatoms. The van der Waals surface area contributed by atoms with E-state index >= 15 is 0 Å². The van der Waals surface area contributed by atoms with Crippen molar-refractivity contribution in [2.45, 2.75) is 25.6 Å². The lowest BCUT2D eigenvalue weighted by atomic mass is 10.0. The largest absolute Gasteiger partial charge is 0.491 e. The SMILES string of the molecule is CO[C@H](CCO)[C@H](OC(=O)Nc1ccc(C)cc1)c1ccccc1OCCO. The Balaban J connectivity index is 2.24. The second-order valence-corrected chi connectivity index (χ2v) is 6.21. The zero-order valence-corrected chi connectivity index (χ0v) is 16.1. The van der Waals surface area contributed by atoms with Crippen molar-refractivity contribution in [2.75, 3.05) is 32.2 Å².